The van der Waals surface area contributed by atoms with E-state index >= 15 is 0 Å². The summed E-state index contributed by atoms with van der Waals surface area (Å²) < 4.78 is 2.28. The molecular formula is C24H33N5O2S2. The third-order valence-electron chi connectivity index (χ3n) is 6.11. The van der Waals surface area contributed by atoms with Gasteiger partial charge in [0.25, 0.3) is 11.5 Å². The van der Waals surface area contributed by atoms with E-state index in [0.717, 1.165) is 50.5 Å². The van der Waals surface area contributed by atoms with E-state index in [-0.39, 0.29) is 17.0 Å². The van der Waals surface area contributed by atoms with Crippen LogP contribution >= 0.6 is 24.0 Å². The second-order valence-corrected chi connectivity index (χ2v) is 10.6. The second kappa shape index (κ2) is 10.9. The van der Waals surface area contributed by atoms with Crippen molar-refractivity contribution >= 4 is 46.1 Å². The molecular weight excluding hydrogens is 454 g/mol. The van der Waals surface area contributed by atoms with E-state index in [1.165, 1.54) is 11.8 Å². The van der Waals surface area contributed by atoms with Crippen LogP contribution in [-0.2, 0) is 11.3 Å². The summed E-state index contributed by atoms with van der Waals surface area (Å²) in [6.07, 6.45) is 2.62. The van der Waals surface area contributed by atoms with Crippen LogP contribution < -0.4 is 10.5 Å². The van der Waals surface area contributed by atoms with Crippen LogP contribution in [0.15, 0.2) is 9.70 Å². The van der Waals surface area contributed by atoms with E-state index in [4.69, 9.17) is 12.2 Å². The highest BCUT2D eigenvalue weighted by Crippen LogP contribution is 2.36. The Labute approximate surface area is 206 Å². The second-order valence-electron chi connectivity index (χ2n) is 8.91. The monoisotopic (exact) mass is 487 g/mol. The Morgan fingerprint density at radius 1 is 1.18 bits per heavy atom. The number of nitriles is 1. The van der Waals surface area contributed by atoms with Gasteiger partial charge in [0.15, 0.2) is 0 Å². The summed E-state index contributed by atoms with van der Waals surface area (Å²) in [5.41, 5.74) is 1.28. The van der Waals surface area contributed by atoms with Crippen molar-refractivity contribution in [3.05, 3.63) is 31.9 Å². The Kier molecular flexibility index (Phi) is 8.38. The van der Waals surface area contributed by atoms with Gasteiger partial charge in [-0.3, -0.25) is 19.1 Å². The fourth-order valence-electron chi connectivity index (χ4n) is 4.35. The summed E-state index contributed by atoms with van der Waals surface area (Å²) in [5, 5.41) is 9.77. The minimum Gasteiger partial charge on any atom is -0.355 e. The normalized spacial score (nSPS) is 18.6. The van der Waals surface area contributed by atoms with Crippen molar-refractivity contribution in [1.29, 1.82) is 5.26 Å². The largest absolute Gasteiger partial charge is 0.355 e. The average molecular weight is 488 g/mol. The number of aromatic nitrogens is 1. The maximum Gasteiger partial charge on any atom is 0.270 e. The summed E-state index contributed by atoms with van der Waals surface area (Å²) in [6.45, 7) is 15.6. The van der Waals surface area contributed by atoms with Crippen molar-refractivity contribution in [2.24, 2.45) is 5.92 Å². The Bertz CT molecular complexity index is 1060. The zero-order valence-corrected chi connectivity index (χ0v) is 21.8. The SMILES string of the molecule is CCCn1c(N2CCN(CC)CC2)c(C=C2SC(=S)N(CC(C)C)C2=O)c(C)c(C#N)c1=O. The molecule has 0 bridgehead atoms. The number of carbonyl (C=O) groups excluding carboxylic acids is 1. The van der Waals surface area contributed by atoms with Crippen molar-refractivity contribution in [2.75, 3.05) is 44.2 Å². The maximum absolute atomic E-state index is 13.3. The quantitative estimate of drug-likeness (QED) is 0.431. The number of rotatable bonds is 7. The topological polar surface area (TPSA) is 72.6 Å². The first kappa shape index (κ1) is 25.5. The smallest absolute Gasteiger partial charge is 0.270 e. The van der Waals surface area contributed by atoms with Crippen LogP contribution in [0.4, 0.5) is 5.82 Å². The van der Waals surface area contributed by atoms with Gasteiger partial charge in [-0.05, 0) is 37.4 Å². The molecule has 1 aromatic rings. The van der Waals surface area contributed by atoms with Crippen LogP contribution in [0, 0.1) is 24.2 Å². The third kappa shape index (κ3) is 5.18. The number of likely N-dealkylation sites (N-methyl/N-ethyl adjacent to an activating group) is 1. The standard InChI is InChI=1S/C24H33N5O2S2/c1-6-8-28-21(27-11-9-26(7-2)10-12-27)18(17(5)19(14-25)22(28)30)13-20-23(31)29(15-16(3)4)24(32)33-20/h13,16H,6-12,15H2,1-5H3. The molecule has 2 saturated heterocycles. The molecule has 2 aliphatic heterocycles. The predicted octanol–water partition coefficient (Wildman–Crippen LogP) is 3.44. The van der Waals surface area contributed by atoms with E-state index < -0.39 is 0 Å². The van der Waals surface area contributed by atoms with Crippen molar-refractivity contribution in [2.45, 2.75) is 47.6 Å². The van der Waals surface area contributed by atoms with Crippen LogP contribution in [0.1, 0.15) is 50.8 Å². The lowest BCUT2D eigenvalue weighted by atomic mass is 10.0. The number of amides is 1. The molecule has 0 radical (unpaired) electrons. The molecule has 3 heterocycles. The Morgan fingerprint density at radius 2 is 1.85 bits per heavy atom. The average Bonchev–Trinajstić information content (AvgIpc) is 3.04. The van der Waals surface area contributed by atoms with Crippen molar-refractivity contribution in [3.63, 3.8) is 0 Å². The molecule has 1 amide bonds. The Morgan fingerprint density at radius 3 is 2.39 bits per heavy atom. The minimum atomic E-state index is -0.255. The van der Waals surface area contributed by atoms with Crippen LogP contribution in [0.25, 0.3) is 6.08 Å². The van der Waals surface area contributed by atoms with Crippen molar-refractivity contribution in [1.82, 2.24) is 14.4 Å². The van der Waals surface area contributed by atoms with Gasteiger partial charge in [0, 0.05) is 44.8 Å². The van der Waals surface area contributed by atoms with Gasteiger partial charge in [-0.25, -0.2) is 0 Å². The Balaban J connectivity index is 2.18. The molecule has 9 heteroatoms. The third-order valence-corrected chi connectivity index (χ3v) is 7.49. The zero-order valence-electron chi connectivity index (χ0n) is 20.2. The molecule has 2 aliphatic rings. The lowest BCUT2D eigenvalue weighted by Gasteiger charge is -2.37. The lowest BCUT2D eigenvalue weighted by Crippen LogP contribution is -2.48. The van der Waals surface area contributed by atoms with E-state index in [9.17, 15) is 14.9 Å². The molecule has 2 fully saturated rings. The molecule has 178 valence electrons. The van der Waals surface area contributed by atoms with E-state index in [0.29, 0.717) is 33.8 Å². The van der Waals surface area contributed by atoms with Crippen LogP contribution in [0.2, 0.25) is 0 Å². The predicted molar refractivity (Wildman–Crippen MR) is 139 cm³/mol. The molecule has 0 N–H and O–H groups in total. The van der Waals surface area contributed by atoms with Gasteiger partial charge >= 0.3 is 0 Å². The fourth-order valence-corrected chi connectivity index (χ4v) is 5.60. The first-order valence-electron chi connectivity index (χ1n) is 11.6. The number of anilines is 1. The van der Waals surface area contributed by atoms with Gasteiger partial charge in [0.2, 0.25) is 0 Å². The summed E-state index contributed by atoms with van der Waals surface area (Å²) >= 11 is 6.78. The Hall–Kier alpha value is -2.15. The molecule has 0 unspecified atom stereocenters. The number of thioether (sulfide) groups is 1. The summed E-state index contributed by atoms with van der Waals surface area (Å²) in [4.78, 5) is 33.2. The number of nitrogens with zero attached hydrogens (tertiary/aromatic N) is 5. The number of hydrogen-bond donors (Lipinski definition) is 0. The summed E-state index contributed by atoms with van der Waals surface area (Å²) in [6, 6.07) is 2.11. The number of hydrogen-bond acceptors (Lipinski definition) is 7. The highest BCUT2D eigenvalue weighted by atomic mass is 32.2. The zero-order chi connectivity index (χ0) is 24.3. The summed E-state index contributed by atoms with van der Waals surface area (Å²) in [5.74, 6) is 1.01. The van der Waals surface area contributed by atoms with Crippen LogP contribution in [0.3, 0.4) is 0 Å². The number of pyridine rings is 1. The number of piperazine rings is 1. The number of thiocarbonyl (C=S) groups is 1. The van der Waals surface area contributed by atoms with E-state index in [2.05, 4.69) is 36.6 Å². The van der Waals surface area contributed by atoms with Crippen molar-refractivity contribution < 1.29 is 4.79 Å². The van der Waals surface area contributed by atoms with Gasteiger partial charge in [0.1, 0.15) is 21.8 Å². The fraction of sp³-hybridized carbons (Fsp3) is 0.583. The molecule has 0 aromatic carbocycles. The van der Waals surface area contributed by atoms with Gasteiger partial charge in [-0.15, -0.1) is 0 Å². The van der Waals surface area contributed by atoms with Gasteiger partial charge < -0.3 is 9.80 Å². The highest BCUT2D eigenvalue weighted by molar-refractivity contribution is 8.26. The maximum atomic E-state index is 13.3. The van der Waals surface area contributed by atoms with Crippen LogP contribution in [-0.4, -0.2) is 63.9 Å². The highest BCUT2D eigenvalue weighted by Gasteiger charge is 2.33. The molecule has 33 heavy (non-hydrogen) atoms. The number of carbonyl (C=O) groups is 1. The molecule has 0 saturated carbocycles. The minimum absolute atomic E-state index is 0.105. The first-order valence-corrected chi connectivity index (χ1v) is 12.9. The van der Waals surface area contributed by atoms with Gasteiger partial charge in [0.05, 0.1) is 4.91 Å². The molecule has 1 aromatic heterocycles. The van der Waals surface area contributed by atoms with Crippen molar-refractivity contribution in [3.8, 4) is 6.07 Å². The molecule has 0 aliphatic carbocycles. The van der Waals surface area contributed by atoms with Crippen LogP contribution in [0.5, 0.6) is 0 Å². The van der Waals surface area contributed by atoms with E-state index in [1.54, 1.807) is 9.47 Å². The molecule has 0 atom stereocenters. The molecule has 7 nitrogen and oxygen atoms in total. The van der Waals surface area contributed by atoms with Gasteiger partial charge in [-0.1, -0.05) is 51.7 Å². The van der Waals surface area contributed by atoms with Gasteiger partial charge in [-0.2, -0.15) is 5.26 Å². The first-order chi connectivity index (χ1) is 15.7. The summed E-state index contributed by atoms with van der Waals surface area (Å²) in [7, 11) is 0. The van der Waals surface area contributed by atoms with E-state index in [1.807, 2.05) is 19.9 Å². The molecule has 3 rings (SSSR count). The lowest BCUT2D eigenvalue weighted by molar-refractivity contribution is -0.122. The molecule has 0 spiro atoms.